The van der Waals surface area contributed by atoms with Gasteiger partial charge in [-0.3, -0.25) is 0 Å². The number of carbonyl (C=O) groups excluding carboxylic acids is 1. The van der Waals surface area contributed by atoms with Gasteiger partial charge in [-0.2, -0.15) is 8.78 Å². The zero-order valence-corrected chi connectivity index (χ0v) is 12.6. The number of aliphatic hydroxyl groups excluding tert-OH is 1. The number of amides is 2. The van der Waals surface area contributed by atoms with Gasteiger partial charge in [0.2, 0.25) is 0 Å². The average Bonchev–Trinajstić information content (AvgIpc) is 2.90. The van der Waals surface area contributed by atoms with Crippen LogP contribution in [0.1, 0.15) is 12.8 Å². The number of rotatable bonds is 4. The van der Waals surface area contributed by atoms with Gasteiger partial charge in [0.25, 0.3) is 5.76 Å². The molecule has 1 heterocycles. The lowest BCUT2D eigenvalue weighted by molar-refractivity contribution is 0.166. The van der Waals surface area contributed by atoms with Gasteiger partial charge in [0.05, 0.1) is 28.3 Å². The fourth-order valence-corrected chi connectivity index (χ4v) is 3.21. The van der Waals surface area contributed by atoms with Crippen molar-refractivity contribution >= 4 is 35.1 Å². The number of urea groups is 1. The van der Waals surface area contributed by atoms with Crippen LogP contribution in [0.2, 0.25) is 5.02 Å². The first-order valence-electron chi connectivity index (χ1n) is 6.44. The van der Waals surface area contributed by atoms with Crippen molar-refractivity contribution in [3.8, 4) is 0 Å². The third-order valence-corrected chi connectivity index (χ3v) is 4.54. The summed E-state index contributed by atoms with van der Waals surface area (Å²) in [5.41, 5.74) is 0.251. The minimum atomic E-state index is -2.63. The van der Waals surface area contributed by atoms with Crippen molar-refractivity contribution in [3.05, 3.63) is 23.2 Å². The highest BCUT2D eigenvalue weighted by Crippen LogP contribution is 2.37. The van der Waals surface area contributed by atoms with Crippen molar-refractivity contribution in [1.82, 2.24) is 4.90 Å². The van der Waals surface area contributed by atoms with Gasteiger partial charge in [-0.15, -0.1) is 0 Å². The van der Waals surface area contributed by atoms with E-state index in [9.17, 15) is 18.7 Å². The molecule has 8 heteroatoms. The molecule has 1 atom stereocenters. The summed E-state index contributed by atoms with van der Waals surface area (Å²) in [5, 5.41) is 12.0. The second-order valence-corrected chi connectivity index (χ2v) is 6.00. The van der Waals surface area contributed by atoms with E-state index in [0.29, 0.717) is 18.3 Å². The summed E-state index contributed by atoms with van der Waals surface area (Å²) < 4.78 is 25.2. The van der Waals surface area contributed by atoms with Crippen molar-refractivity contribution < 1.29 is 18.7 Å². The number of alkyl halides is 2. The molecule has 0 saturated carbocycles. The normalized spacial score (nSPS) is 18.3. The van der Waals surface area contributed by atoms with Crippen LogP contribution in [0.15, 0.2) is 23.1 Å². The predicted molar refractivity (Wildman–Crippen MR) is 79.1 cm³/mol. The molecule has 1 aromatic carbocycles. The predicted octanol–water partition coefficient (Wildman–Crippen LogP) is 3.64. The molecule has 1 fully saturated rings. The fraction of sp³-hybridized carbons (Fsp3) is 0.462. The number of hydrogen-bond donors (Lipinski definition) is 2. The Morgan fingerprint density at radius 1 is 1.57 bits per heavy atom. The largest absolute Gasteiger partial charge is 0.394 e. The van der Waals surface area contributed by atoms with E-state index in [4.69, 9.17) is 11.6 Å². The zero-order chi connectivity index (χ0) is 15.4. The maximum absolute atomic E-state index is 12.6. The second kappa shape index (κ2) is 7.29. The molecule has 1 aliphatic rings. The zero-order valence-electron chi connectivity index (χ0n) is 11.1. The molecule has 0 aliphatic carbocycles. The fourth-order valence-electron chi connectivity index (χ4n) is 2.30. The summed E-state index contributed by atoms with van der Waals surface area (Å²) >= 11 is 6.21. The lowest BCUT2D eigenvalue weighted by Gasteiger charge is -2.24. The lowest BCUT2D eigenvalue weighted by Crippen LogP contribution is -2.40. The van der Waals surface area contributed by atoms with Crippen LogP contribution >= 0.6 is 23.4 Å². The molecule has 0 unspecified atom stereocenters. The number of carbonyl (C=O) groups is 1. The Bertz CT molecular complexity index is 519. The molecule has 1 aliphatic heterocycles. The van der Waals surface area contributed by atoms with Crippen LogP contribution in [0.3, 0.4) is 0 Å². The standard InChI is InChI=1S/C13H15ClF2N2O2S/c14-9-4-1-5-10(11(9)21-12(15)16)17-13(20)18-6-2-3-8(18)7-19/h1,4-5,8,12,19H,2-3,6-7H2,(H,17,20)/t8-/m1/s1. The van der Waals surface area contributed by atoms with Crippen molar-refractivity contribution in [3.63, 3.8) is 0 Å². The number of benzene rings is 1. The Hall–Kier alpha value is -1.05. The van der Waals surface area contributed by atoms with Gasteiger partial charge in [0, 0.05) is 6.54 Å². The van der Waals surface area contributed by atoms with Gasteiger partial charge in [0.1, 0.15) is 0 Å². The molecule has 0 radical (unpaired) electrons. The van der Waals surface area contributed by atoms with E-state index >= 15 is 0 Å². The number of anilines is 1. The van der Waals surface area contributed by atoms with Crippen LogP contribution in [0.4, 0.5) is 19.3 Å². The van der Waals surface area contributed by atoms with Crippen molar-refractivity contribution in [2.45, 2.75) is 29.5 Å². The maximum Gasteiger partial charge on any atom is 0.322 e. The molecule has 1 aromatic rings. The molecule has 21 heavy (non-hydrogen) atoms. The first-order valence-corrected chi connectivity index (χ1v) is 7.70. The van der Waals surface area contributed by atoms with E-state index in [2.05, 4.69) is 5.32 Å². The van der Waals surface area contributed by atoms with Crippen LogP contribution in [0.25, 0.3) is 0 Å². The van der Waals surface area contributed by atoms with Crippen molar-refractivity contribution in [2.75, 3.05) is 18.5 Å². The van der Waals surface area contributed by atoms with E-state index in [1.807, 2.05) is 0 Å². The number of hydrogen-bond acceptors (Lipinski definition) is 3. The average molecular weight is 337 g/mol. The summed E-state index contributed by atoms with van der Waals surface area (Å²) in [6.45, 7) is 0.427. The van der Waals surface area contributed by atoms with E-state index in [1.54, 1.807) is 6.07 Å². The third-order valence-electron chi connectivity index (χ3n) is 3.26. The van der Waals surface area contributed by atoms with Gasteiger partial charge in [-0.25, -0.2) is 4.79 Å². The molecule has 2 rings (SSSR count). The monoisotopic (exact) mass is 336 g/mol. The van der Waals surface area contributed by atoms with Gasteiger partial charge < -0.3 is 15.3 Å². The first-order chi connectivity index (χ1) is 10.0. The Morgan fingerprint density at radius 2 is 2.33 bits per heavy atom. The van der Waals surface area contributed by atoms with Gasteiger partial charge in [-0.1, -0.05) is 29.4 Å². The van der Waals surface area contributed by atoms with E-state index in [-0.39, 0.29) is 28.3 Å². The molecule has 1 saturated heterocycles. The minimum Gasteiger partial charge on any atom is -0.394 e. The number of aliphatic hydroxyl groups is 1. The number of thioether (sulfide) groups is 1. The second-order valence-electron chi connectivity index (χ2n) is 4.60. The molecular weight excluding hydrogens is 322 g/mol. The number of nitrogens with zero attached hydrogens (tertiary/aromatic N) is 1. The lowest BCUT2D eigenvalue weighted by atomic mass is 10.2. The molecule has 116 valence electrons. The molecule has 0 aromatic heterocycles. The maximum atomic E-state index is 12.6. The quantitative estimate of drug-likeness (QED) is 0.825. The first kappa shape index (κ1) is 16.3. The number of halogens is 3. The van der Waals surface area contributed by atoms with E-state index in [1.165, 1.54) is 17.0 Å². The highest BCUT2D eigenvalue weighted by atomic mass is 35.5. The Morgan fingerprint density at radius 3 is 3.00 bits per heavy atom. The van der Waals surface area contributed by atoms with Gasteiger partial charge in [0.15, 0.2) is 0 Å². The minimum absolute atomic E-state index is 0.110. The topological polar surface area (TPSA) is 52.6 Å². The summed E-state index contributed by atoms with van der Waals surface area (Å²) in [4.78, 5) is 13.8. The van der Waals surface area contributed by atoms with E-state index in [0.717, 1.165) is 12.8 Å². The van der Waals surface area contributed by atoms with E-state index < -0.39 is 11.8 Å². The van der Waals surface area contributed by atoms with Gasteiger partial charge >= 0.3 is 6.03 Å². The SMILES string of the molecule is O=C(Nc1cccc(Cl)c1SC(F)F)N1CCC[C@@H]1CO. The summed E-state index contributed by atoms with van der Waals surface area (Å²) in [6.07, 6.45) is 1.55. The smallest absolute Gasteiger partial charge is 0.322 e. The molecule has 2 amide bonds. The van der Waals surface area contributed by atoms with Crippen molar-refractivity contribution in [2.24, 2.45) is 0 Å². The summed E-state index contributed by atoms with van der Waals surface area (Å²) in [6, 6.07) is 3.97. The van der Waals surface area contributed by atoms with Crippen LogP contribution in [-0.4, -0.2) is 41.0 Å². The highest BCUT2D eigenvalue weighted by Gasteiger charge is 2.28. The van der Waals surface area contributed by atoms with Crippen LogP contribution in [0.5, 0.6) is 0 Å². The number of likely N-dealkylation sites (tertiary alicyclic amines) is 1. The molecule has 0 spiro atoms. The van der Waals surface area contributed by atoms with Crippen LogP contribution in [0, 0.1) is 0 Å². The van der Waals surface area contributed by atoms with Crippen LogP contribution in [-0.2, 0) is 0 Å². The molecule has 0 bridgehead atoms. The van der Waals surface area contributed by atoms with Gasteiger partial charge in [-0.05, 0) is 25.0 Å². The number of nitrogens with one attached hydrogen (secondary N) is 1. The van der Waals surface area contributed by atoms with Crippen molar-refractivity contribution in [1.29, 1.82) is 0 Å². The third kappa shape index (κ3) is 3.99. The molecular formula is C13H15ClF2N2O2S. The molecule has 2 N–H and O–H groups in total. The summed E-state index contributed by atoms with van der Waals surface area (Å²) in [7, 11) is 0. The Labute approximate surface area is 130 Å². The Kier molecular flexibility index (Phi) is 5.66. The summed E-state index contributed by atoms with van der Waals surface area (Å²) in [5.74, 6) is -2.63. The van der Waals surface area contributed by atoms with Crippen LogP contribution < -0.4 is 5.32 Å². The molecule has 4 nitrogen and oxygen atoms in total. The highest BCUT2D eigenvalue weighted by molar-refractivity contribution is 7.99. The Balaban J connectivity index is 2.15.